The van der Waals surface area contributed by atoms with E-state index in [1.165, 1.54) is 6.42 Å². The van der Waals surface area contributed by atoms with Crippen LogP contribution >= 0.6 is 0 Å². The fraction of sp³-hybridized carbons (Fsp3) is 0.889. The number of aliphatic carboxylic acids is 1. The van der Waals surface area contributed by atoms with Crippen LogP contribution in [0.5, 0.6) is 0 Å². The summed E-state index contributed by atoms with van der Waals surface area (Å²) in [6, 6.07) is 0.334. The van der Waals surface area contributed by atoms with Crippen molar-refractivity contribution in [1.29, 1.82) is 0 Å². The van der Waals surface area contributed by atoms with Gasteiger partial charge in [-0.25, -0.2) is 0 Å². The first-order chi connectivity index (χ1) is 11.0. The van der Waals surface area contributed by atoms with Crippen LogP contribution in [0, 0.1) is 5.92 Å². The lowest BCUT2D eigenvalue weighted by Crippen LogP contribution is -2.54. The topological polar surface area (TPSA) is 60.9 Å². The van der Waals surface area contributed by atoms with E-state index in [4.69, 9.17) is 5.11 Å². The molecule has 2 fully saturated rings. The lowest BCUT2D eigenvalue weighted by atomic mass is 9.92. The van der Waals surface area contributed by atoms with E-state index in [2.05, 4.69) is 16.7 Å². The second-order valence-electron chi connectivity index (χ2n) is 7.20. The summed E-state index contributed by atoms with van der Waals surface area (Å²) < 4.78 is 0. The van der Waals surface area contributed by atoms with Crippen LogP contribution in [0.3, 0.4) is 0 Å². The monoisotopic (exact) mass is 324 g/mol. The van der Waals surface area contributed by atoms with E-state index in [1.807, 2.05) is 6.92 Å². The largest absolute Gasteiger partial charge is 0.481 e. The molecular weight excluding hydrogens is 292 g/mol. The SMILES string of the molecule is CCC1CCCCN1C(=O)C(C)N1CCCC(CCC(=O)O)C1. The molecule has 0 aromatic carbocycles. The van der Waals surface area contributed by atoms with Gasteiger partial charge >= 0.3 is 5.97 Å². The zero-order chi connectivity index (χ0) is 16.8. The van der Waals surface area contributed by atoms with Gasteiger partial charge in [0, 0.05) is 25.6 Å². The zero-order valence-corrected chi connectivity index (χ0v) is 14.7. The molecular formula is C18H32N2O3. The summed E-state index contributed by atoms with van der Waals surface area (Å²) in [5.74, 6) is -0.0285. The van der Waals surface area contributed by atoms with Crippen molar-refractivity contribution in [2.75, 3.05) is 19.6 Å². The van der Waals surface area contributed by atoms with Crippen LogP contribution in [0.4, 0.5) is 0 Å². The molecule has 0 bridgehead atoms. The predicted octanol–water partition coefficient (Wildman–Crippen LogP) is 2.74. The van der Waals surface area contributed by atoms with E-state index < -0.39 is 5.97 Å². The molecule has 1 amide bonds. The van der Waals surface area contributed by atoms with E-state index in [9.17, 15) is 9.59 Å². The summed E-state index contributed by atoms with van der Waals surface area (Å²) in [7, 11) is 0. The lowest BCUT2D eigenvalue weighted by Gasteiger charge is -2.41. The van der Waals surface area contributed by atoms with Crippen LogP contribution in [0.25, 0.3) is 0 Å². The average Bonchev–Trinajstić information content (AvgIpc) is 2.58. The van der Waals surface area contributed by atoms with Crippen LogP contribution in [0.2, 0.25) is 0 Å². The number of hydrogen-bond donors (Lipinski definition) is 1. The van der Waals surface area contributed by atoms with Crippen molar-refractivity contribution in [2.24, 2.45) is 5.92 Å². The summed E-state index contributed by atoms with van der Waals surface area (Å²) in [5.41, 5.74) is 0. The minimum absolute atomic E-state index is 0.0743. The maximum absolute atomic E-state index is 12.9. The van der Waals surface area contributed by atoms with Crippen molar-refractivity contribution < 1.29 is 14.7 Å². The molecule has 2 saturated heterocycles. The van der Waals surface area contributed by atoms with Crippen LogP contribution in [-0.2, 0) is 9.59 Å². The quantitative estimate of drug-likeness (QED) is 0.816. The first kappa shape index (κ1) is 18.2. The number of carbonyl (C=O) groups is 2. The van der Waals surface area contributed by atoms with Gasteiger partial charge in [-0.15, -0.1) is 0 Å². The maximum atomic E-state index is 12.9. The molecule has 0 aromatic heterocycles. The Bertz CT molecular complexity index is 413. The van der Waals surface area contributed by atoms with Gasteiger partial charge in [0.25, 0.3) is 0 Å². The molecule has 3 unspecified atom stereocenters. The van der Waals surface area contributed by atoms with Crippen LogP contribution < -0.4 is 0 Å². The lowest BCUT2D eigenvalue weighted by molar-refractivity contribution is -0.141. The molecule has 0 radical (unpaired) electrons. The van der Waals surface area contributed by atoms with Crippen LogP contribution in [0.1, 0.15) is 65.2 Å². The van der Waals surface area contributed by atoms with Gasteiger partial charge in [0.1, 0.15) is 0 Å². The third-order valence-corrected chi connectivity index (χ3v) is 5.60. The molecule has 5 heteroatoms. The molecule has 0 aromatic rings. The highest BCUT2D eigenvalue weighted by molar-refractivity contribution is 5.82. The third kappa shape index (κ3) is 4.93. The highest BCUT2D eigenvalue weighted by atomic mass is 16.4. The Morgan fingerprint density at radius 1 is 1.17 bits per heavy atom. The summed E-state index contributed by atoms with van der Waals surface area (Å²) in [5, 5.41) is 8.86. The van der Waals surface area contributed by atoms with Gasteiger partial charge in [-0.3, -0.25) is 14.5 Å². The Labute approximate surface area is 140 Å². The smallest absolute Gasteiger partial charge is 0.303 e. The molecule has 0 aliphatic carbocycles. The second-order valence-corrected chi connectivity index (χ2v) is 7.20. The van der Waals surface area contributed by atoms with Gasteiger partial charge in [0.05, 0.1) is 6.04 Å². The minimum atomic E-state index is -0.717. The van der Waals surface area contributed by atoms with E-state index in [0.29, 0.717) is 12.0 Å². The van der Waals surface area contributed by atoms with Gasteiger partial charge in [0.15, 0.2) is 0 Å². The van der Waals surface area contributed by atoms with E-state index in [-0.39, 0.29) is 18.4 Å². The van der Waals surface area contributed by atoms with Crippen molar-refractivity contribution in [3.8, 4) is 0 Å². The average molecular weight is 324 g/mol. The summed E-state index contributed by atoms with van der Waals surface area (Å²) in [4.78, 5) is 28.1. The van der Waals surface area contributed by atoms with E-state index in [0.717, 1.165) is 58.2 Å². The summed E-state index contributed by atoms with van der Waals surface area (Å²) in [6.07, 6.45) is 7.66. The maximum Gasteiger partial charge on any atom is 0.303 e. The zero-order valence-electron chi connectivity index (χ0n) is 14.7. The molecule has 2 heterocycles. The standard InChI is InChI=1S/C18H32N2O3/c1-3-16-8-4-5-12-20(16)18(23)14(2)19-11-6-7-15(13-19)9-10-17(21)22/h14-16H,3-13H2,1-2H3,(H,21,22). The molecule has 132 valence electrons. The second kappa shape index (κ2) is 8.67. The first-order valence-corrected chi connectivity index (χ1v) is 9.29. The number of nitrogens with zero attached hydrogens (tertiary/aromatic N) is 2. The normalized spacial score (nSPS) is 27.7. The highest BCUT2D eigenvalue weighted by Gasteiger charge is 2.33. The minimum Gasteiger partial charge on any atom is -0.481 e. The van der Waals surface area contributed by atoms with Gasteiger partial charge in [0.2, 0.25) is 5.91 Å². The molecule has 2 aliphatic rings. The van der Waals surface area contributed by atoms with Gasteiger partial charge in [-0.05, 0) is 64.3 Å². The first-order valence-electron chi connectivity index (χ1n) is 9.29. The van der Waals surface area contributed by atoms with Gasteiger partial charge < -0.3 is 10.0 Å². The molecule has 1 N–H and O–H groups in total. The molecule has 0 saturated carbocycles. The van der Waals surface area contributed by atoms with Crippen molar-refractivity contribution in [3.05, 3.63) is 0 Å². The molecule has 3 atom stereocenters. The molecule has 0 spiro atoms. The Morgan fingerprint density at radius 2 is 1.96 bits per heavy atom. The number of rotatable bonds is 6. The Kier molecular flexibility index (Phi) is 6.88. The van der Waals surface area contributed by atoms with Gasteiger partial charge in [-0.2, -0.15) is 0 Å². The number of carboxylic acid groups (broad SMARTS) is 1. The summed E-state index contributed by atoms with van der Waals surface area (Å²) in [6.45, 7) is 6.93. The van der Waals surface area contributed by atoms with Crippen molar-refractivity contribution >= 4 is 11.9 Å². The number of likely N-dealkylation sites (tertiary alicyclic amines) is 2. The van der Waals surface area contributed by atoms with Crippen molar-refractivity contribution in [2.45, 2.75) is 77.3 Å². The van der Waals surface area contributed by atoms with E-state index in [1.54, 1.807) is 0 Å². The van der Waals surface area contributed by atoms with Crippen molar-refractivity contribution in [3.63, 3.8) is 0 Å². The van der Waals surface area contributed by atoms with E-state index >= 15 is 0 Å². The fourth-order valence-corrected chi connectivity index (χ4v) is 4.12. The Hall–Kier alpha value is -1.10. The molecule has 2 rings (SSSR count). The van der Waals surface area contributed by atoms with Gasteiger partial charge in [-0.1, -0.05) is 6.92 Å². The number of hydrogen-bond acceptors (Lipinski definition) is 3. The number of amides is 1. The predicted molar refractivity (Wildman–Crippen MR) is 90.3 cm³/mol. The number of carbonyl (C=O) groups excluding carboxylic acids is 1. The highest BCUT2D eigenvalue weighted by Crippen LogP contribution is 2.25. The Balaban J connectivity index is 1.91. The molecule has 5 nitrogen and oxygen atoms in total. The Morgan fingerprint density at radius 3 is 2.65 bits per heavy atom. The summed E-state index contributed by atoms with van der Waals surface area (Å²) >= 11 is 0. The van der Waals surface area contributed by atoms with Crippen LogP contribution in [0.15, 0.2) is 0 Å². The molecule has 23 heavy (non-hydrogen) atoms. The fourth-order valence-electron chi connectivity index (χ4n) is 4.12. The number of piperidine rings is 2. The number of carboxylic acids is 1. The third-order valence-electron chi connectivity index (χ3n) is 5.60. The molecule has 2 aliphatic heterocycles. The van der Waals surface area contributed by atoms with Crippen molar-refractivity contribution in [1.82, 2.24) is 9.80 Å². The van der Waals surface area contributed by atoms with Crippen LogP contribution in [-0.4, -0.2) is 58.5 Å².